The maximum atomic E-state index is 9.22. The largest absolute Gasteiger partial charge is 0.396 e. The van der Waals surface area contributed by atoms with Crippen molar-refractivity contribution in [2.24, 2.45) is 5.92 Å². The highest BCUT2D eigenvalue weighted by molar-refractivity contribution is 5.23. The number of piperidine rings is 1. The second-order valence-corrected chi connectivity index (χ2v) is 4.83. The first-order chi connectivity index (χ1) is 8.22. The molecule has 2 rings (SSSR count). The van der Waals surface area contributed by atoms with Crippen molar-refractivity contribution >= 4 is 6.20 Å². The summed E-state index contributed by atoms with van der Waals surface area (Å²) in [5, 5.41) is 13.6. The third-order valence-corrected chi connectivity index (χ3v) is 3.46. The molecule has 1 fully saturated rings. The Morgan fingerprint density at radius 1 is 1.65 bits per heavy atom. The molecule has 0 radical (unpaired) electrons. The van der Waals surface area contributed by atoms with Gasteiger partial charge in [0.25, 0.3) is 0 Å². The Bertz CT molecular complexity index is 386. The van der Waals surface area contributed by atoms with Gasteiger partial charge in [-0.1, -0.05) is 6.58 Å². The number of aromatic nitrogens is 2. The van der Waals surface area contributed by atoms with Crippen LogP contribution in [0.1, 0.15) is 24.1 Å². The van der Waals surface area contributed by atoms with Gasteiger partial charge in [-0.25, -0.2) is 4.68 Å². The van der Waals surface area contributed by atoms with E-state index >= 15 is 0 Å². The molecule has 0 saturated carbocycles. The number of likely N-dealkylation sites (tertiary alicyclic amines) is 1. The summed E-state index contributed by atoms with van der Waals surface area (Å²) < 4.78 is 1.76. The lowest BCUT2D eigenvalue weighted by atomic mass is 9.99. The Hall–Kier alpha value is -1.13. The molecule has 1 N–H and O–H groups in total. The molecule has 2 heterocycles. The van der Waals surface area contributed by atoms with Crippen LogP contribution in [-0.4, -0.2) is 39.5 Å². The van der Waals surface area contributed by atoms with Gasteiger partial charge in [-0.05, 0) is 32.2 Å². The summed E-state index contributed by atoms with van der Waals surface area (Å²) in [6.07, 6.45) is 6.08. The molecule has 0 unspecified atom stereocenters. The van der Waals surface area contributed by atoms with Gasteiger partial charge in [0.15, 0.2) is 0 Å². The first-order valence-electron chi connectivity index (χ1n) is 6.23. The van der Waals surface area contributed by atoms with E-state index in [2.05, 4.69) is 16.6 Å². The van der Waals surface area contributed by atoms with Gasteiger partial charge in [-0.15, -0.1) is 0 Å². The standard InChI is InChI=1S/C13H21N3O/c1-3-16-9-13(11(2)14-16)8-15-6-4-5-12(7-15)10-17/h3,9,12,17H,1,4-8,10H2,2H3/t12-/m1/s1. The summed E-state index contributed by atoms with van der Waals surface area (Å²) >= 11 is 0. The van der Waals surface area contributed by atoms with E-state index < -0.39 is 0 Å². The van der Waals surface area contributed by atoms with E-state index in [9.17, 15) is 5.11 Å². The minimum Gasteiger partial charge on any atom is -0.396 e. The molecule has 1 atom stereocenters. The molecule has 0 aliphatic carbocycles. The van der Waals surface area contributed by atoms with Crippen LogP contribution in [0.5, 0.6) is 0 Å². The lowest BCUT2D eigenvalue weighted by Crippen LogP contribution is -2.36. The zero-order valence-corrected chi connectivity index (χ0v) is 10.5. The minimum atomic E-state index is 0.307. The summed E-state index contributed by atoms with van der Waals surface area (Å²) in [6, 6.07) is 0. The van der Waals surface area contributed by atoms with Crippen molar-refractivity contribution < 1.29 is 5.11 Å². The molecule has 0 amide bonds. The lowest BCUT2D eigenvalue weighted by Gasteiger charge is -2.31. The quantitative estimate of drug-likeness (QED) is 0.860. The predicted octanol–water partition coefficient (Wildman–Crippen LogP) is 1.50. The molecule has 1 aromatic heterocycles. The fourth-order valence-electron chi connectivity index (χ4n) is 2.45. The lowest BCUT2D eigenvalue weighted by molar-refractivity contribution is 0.116. The van der Waals surface area contributed by atoms with Gasteiger partial charge in [0, 0.05) is 37.7 Å². The molecule has 1 saturated heterocycles. The summed E-state index contributed by atoms with van der Waals surface area (Å²) in [4.78, 5) is 2.40. The molecule has 1 aliphatic rings. The van der Waals surface area contributed by atoms with Gasteiger partial charge in [0.2, 0.25) is 0 Å². The van der Waals surface area contributed by atoms with Crippen LogP contribution in [-0.2, 0) is 6.54 Å². The average molecular weight is 235 g/mol. The van der Waals surface area contributed by atoms with Crippen LogP contribution in [0.2, 0.25) is 0 Å². The molecule has 0 spiro atoms. The van der Waals surface area contributed by atoms with Crippen molar-refractivity contribution in [1.29, 1.82) is 0 Å². The van der Waals surface area contributed by atoms with Gasteiger partial charge in [-0.3, -0.25) is 4.90 Å². The van der Waals surface area contributed by atoms with Crippen LogP contribution in [0.15, 0.2) is 12.8 Å². The van der Waals surface area contributed by atoms with Gasteiger partial charge >= 0.3 is 0 Å². The Kier molecular flexibility index (Phi) is 3.97. The minimum absolute atomic E-state index is 0.307. The van der Waals surface area contributed by atoms with Crippen LogP contribution in [0.3, 0.4) is 0 Å². The SMILES string of the molecule is C=Cn1cc(CN2CCC[C@@H](CO)C2)c(C)n1. The van der Waals surface area contributed by atoms with Crippen molar-refractivity contribution in [1.82, 2.24) is 14.7 Å². The monoisotopic (exact) mass is 235 g/mol. The highest BCUT2D eigenvalue weighted by atomic mass is 16.3. The first kappa shape index (κ1) is 12.3. The molecule has 1 aromatic rings. The fourth-order valence-corrected chi connectivity index (χ4v) is 2.45. The second-order valence-electron chi connectivity index (χ2n) is 4.83. The molecule has 17 heavy (non-hydrogen) atoms. The number of aliphatic hydroxyl groups is 1. The smallest absolute Gasteiger partial charge is 0.0642 e. The van der Waals surface area contributed by atoms with E-state index in [4.69, 9.17) is 0 Å². The molecular weight excluding hydrogens is 214 g/mol. The first-order valence-corrected chi connectivity index (χ1v) is 6.23. The molecule has 0 aromatic carbocycles. The summed E-state index contributed by atoms with van der Waals surface area (Å²) in [5.74, 6) is 0.443. The van der Waals surface area contributed by atoms with Gasteiger partial charge < -0.3 is 5.11 Å². The summed E-state index contributed by atoms with van der Waals surface area (Å²) in [7, 11) is 0. The van der Waals surface area contributed by atoms with Gasteiger partial charge in [0.05, 0.1) is 5.69 Å². The topological polar surface area (TPSA) is 41.3 Å². The van der Waals surface area contributed by atoms with Crippen LogP contribution in [0, 0.1) is 12.8 Å². The molecular formula is C13H21N3O. The van der Waals surface area contributed by atoms with Crippen molar-refractivity contribution in [2.75, 3.05) is 19.7 Å². The van der Waals surface area contributed by atoms with Gasteiger partial charge in [-0.2, -0.15) is 5.10 Å². The van der Waals surface area contributed by atoms with Crippen LogP contribution in [0.4, 0.5) is 0 Å². The number of aryl methyl sites for hydroxylation is 1. The fraction of sp³-hybridized carbons (Fsp3) is 0.615. The van der Waals surface area contributed by atoms with E-state index in [1.807, 2.05) is 13.1 Å². The molecule has 94 valence electrons. The average Bonchev–Trinajstić information content (AvgIpc) is 2.70. The Morgan fingerprint density at radius 3 is 3.12 bits per heavy atom. The Balaban J connectivity index is 1.99. The highest BCUT2D eigenvalue weighted by Gasteiger charge is 2.20. The molecule has 4 heteroatoms. The maximum Gasteiger partial charge on any atom is 0.0642 e. The number of rotatable bonds is 4. The molecule has 0 bridgehead atoms. The van der Waals surface area contributed by atoms with Crippen molar-refractivity contribution in [3.63, 3.8) is 0 Å². The Morgan fingerprint density at radius 2 is 2.47 bits per heavy atom. The number of hydrogen-bond donors (Lipinski definition) is 1. The Labute approximate surface area is 103 Å². The van der Waals surface area contributed by atoms with Crippen LogP contribution < -0.4 is 0 Å². The summed E-state index contributed by atoms with van der Waals surface area (Å²) in [6.45, 7) is 9.09. The van der Waals surface area contributed by atoms with E-state index in [1.165, 1.54) is 12.0 Å². The van der Waals surface area contributed by atoms with Crippen LogP contribution in [0.25, 0.3) is 6.20 Å². The highest BCUT2D eigenvalue weighted by Crippen LogP contribution is 2.19. The zero-order chi connectivity index (χ0) is 12.3. The van der Waals surface area contributed by atoms with E-state index in [1.54, 1.807) is 10.9 Å². The summed E-state index contributed by atoms with van der Waals surface area (Å²) in [5.41, 5.74) is 2.32. The third-order valence-electron chi connectivity index (χ3n) is 3.46. The number of aliphatic hydroxyl groups excluding tert-OH is 1. The van der Waals surface area contributed by atoms with Gasteiger partial charge in [0.1, 0.15) is 0 Å². The van der Waals surface area contributed by atoms with Crippen molar-refractivity contribution in [3.8, 4) is 0 Å². The van der Waals surface area contributed by atoms with E-state index in [0.717, 1.165) is 31.7 Å². The normalized spacial score (nSPS) is 21.6. The number of nitrogens with zero attached hydrogens (tertiary/aromatic N) is 3. The van der Waals surface area contributed by atoms with E-state index in [-0.39, 0.29) is 0 Å². The zero-order valence-electron chi connectivity index (χ0n) is 10.5. The second kappa shape index (κ2) is 5.47. The number of hydrogen-bond acceptors (Lipinski definition) is 3. The van der Waals surface area contributed by atoms with Crippen molar-refractivity contribution in [3.05, 3.63) is 24.0 Å². The molecule has 4 nitrogen and oxygen atoms in total. The van der Waals surface area contributed by atoms with Crippen LogP contribution >= 0.6 is 0 Å². The predicted molar refractivity (Wildman–Crippen MR) is 68.4 cm³/mol. The van der Waals surface area contributed by atoms with Crippen molar-refractivity contribution in [2.45, 2.75) is 26.3 Å². The van der Waals surface area contributed by atoms with E-state index in [0.29, 0.717) is 12.5 Å². The third kappa shape index (κ3) is 2.96. The molecule has 1 aliphatic heterocycles. The maximum absolute atomic E-state index is 9.22.